The molecule has 0 radical (unpaired) electrons. The third kappa shape index (κ3) is 5.00. The van der Waals surface area contributed by atoms with Crippen molar-refractivity contribution in [1.29, 1.82) is 0 Å². The monoisotopic (exact) mass is 293 g/mol. The third-order valence-corrected chi connectivity index (χ3v) is 5.49. The van der Waals surface area contributed by atoms with Crippen LogP contribution < -0.4 is 0 Å². The van der Waals surface area contributed by atoms with E-state index < -0.39 is 10.2 Å². The maximum atomic E-state index is 12.4. The number of aliphatic hydroxyl groups is 1. The molecule has 0 aromatic carbocycles. The molecule has 1 rings (SSSR count). The molecule has 1 heterocycles. The Morgan fingerprint density at radius 2 is 1.95 bits per heavy atom. The third-order valence-electron chi connectivity index (χ3n) is 3.54. The fourth-order valence-corrected chi connectivity index (χ4v) is 3.82. The minimum atomic E-state index is -3.37. The van der Waals surface area contributed by atoms with E-state index >= 15 is 0 Å². The lowest BCUT2D eigenvalue weighted by Gasteiger charge is -2.33. The minimum Gasteiger partial charge on any atom is -0.396 e. The zero-order valence-electron chi connectivity index (χ0n) is 12.2. The van der Waals surface area contributed by atoms with Gasteiger partial charge in [0.2, 0.25) is 0 Å². The smallest absolute Gasteiger partial charge is 0.281 e. The molecule has 1 N–H and O–H groups in total. The normalized spacial score (nSPS) is 22.3. The molecule has 6 nitrogen and oxygen atoms in total. The first-order valence-electron chi connectivity index (χ1n) is 6.85. The Labute approximate surface area is 117 Å². The SMILES string of the molecule is CN(C)CCCN(C)S(=O)(=O)N1CCCC(CO)C1. The van der Waals surface area contributed by atoms with Crippen molar-refractivity contribution in [2.75, 3.05) is 53.9 Å². The van der Waals surface area contributed by atoms with Gasteiger partial charge in [0.25, 0.3) is 10.2 Å². The molecule has 0 amide bonds. The van der Waals surface area contributed by atoms with Crippen molar-refractivity contribution in [3.05, 3.63) is 0 Å². The summed E-state index contributed by atoms with van der Waals surface area (Å²) in [6.07, 6.45) is 2.56. The summed E-state index contributed by atoms with van der Waals surface area (Å²) in [5.41, 5.74) is 0. The molecule has 0 aromatic rings. The van der Waals surface area contributed by atoms with Crippen molar-refractivity contribution < 1.29 is 13.5 Å². The summed E-state index contributed by atoms with van der Waals surface area (Å²) < 4.78 is 27.7. The van der Waals surface area contributed by atoms with E-state index in [4.69, 9.17) is 0 Å². The number of rotatable bonds is 7. The lowest BCUT2D eigenvalue weighted by molar-refractivity contribution is 0.161. The molecule has 0 bridgehead atoms. The molecule has 1 saturated heterocycles. The van der Waals surface area contributed by atoms with E-state index in [9.17, 15) is 13.5 Å². The molecule has 0 spiro atoms. The van der Waals surface area contributed by atoms with Gasteiger partial charge in [-0.15, -0.1) is 0 Å². The van der Waals surface area contributed by atoms with Crippen LogP contribution in [-0.2, 0) is 10.2 Å². The zero-order chi connectivity index (χ0) is 14.5. The van der Waals surface area contributed by atoms with Crippen molar-refractivity contribution >= 4 is 10.2 Å². The second-order valence-electron chi connectivity index (χ2n) is 5.53. The largest absolute Gasteiger partial charge is 0.396 e. The number of piperidine rings is 1. The van der Waals surface area contributed by atoms with Gasteiger partial charge in [0.15, 0.2) is 0 Å². The van der Waals surface area contributed by atoms with Crippen LogP contribution in [0, 0.1) is 5.92 Å². The second-order valence-corrected chi connectivity index (χ2v) is 7.57. The van der Waals surface area contributed by atoms with Gasteiger partial charge in [-0.25, -0.2) is 0 Å². The lowest BCUT2D eigenvalue weighted by Crippen LogP contribution is -2.47. The Morgan fingerprint density at radius 1 is 1.26 bits per heavy atom. The lowest BCUT2D eigenvalue weighted by atomic mass is 10.0. The molecule has 0 aromatic heterocycles. The molecular formula is C12H27N3O3S. The van der Waals surface area contributed by atoms with E-state index in [1.54, 1.807) is 7.05 Å². The van der Waals surface area contributed by atoms with Gasteiger partial charge < -0.3 is 10.0 Å². The van der Waals surface area contributed by atoms with Gasteiger partial charge >= 0.3 is 0 Å². The quantitative estimate of drug-likeness (QED) is 0.707. The van der Waals surface area contributed by atoms with Crippen LogP contribution in [-0.4, -0.2) is 81.0 Å². The highest BCUT2D eigenvalue weighted by molar-refractivity contribution is 7.86. The Morgan fingerprint density at radius 3 is 2.53 bits per heavy atom. The molecule has 0 saturated carbocycles. The summed E-state index contributed by atoms with van der Waals surface area (Å²) in [6, 6.07) is 0. The summed E-state index contributed by atoms with van der Waals surface area (Å²) >= 11 is 0. The fraction of sp³-hybridized carbons (Fsp3) is 1.00. The van der Waals surface area contributed by atoms with Crippen molar-refractivity contribution in [3.8, 4) is 0 Å². The Kier molecular flexibility index (Phi) is 6.68. The van der Waals surface area contributed by atoms with E-state index in [0.717, 1.165) is 25.8 Å². The van der Waals surface area contributed by atoms with Crippen LogP contribution in [0.2, 0.25) is 0 Å². The van der Waals surface area contributed by atoms with E-state index in [1.807, 2.05) is 19.0 Å². The maximum absolute atomic E-state index is 12.4. The summed E-state index contributed by atoms with van der Waals surface area (Å²) in [5.74, 6) is 0.0821. The van der Waals surface area contributed by atoms with Crippen molar-refractivity contribution in [3.63, 3.8) is 0 Å². The van der Waals surface area contributed by atoms with Gasteiger partial charge in [-0.1, -0.05) is 0 Å². The van der Waals surface area contributed by atoms with Crippen molar-refractivity contribution in [1.82, 2.24) is 13.5 Å². The number of hydrogen-bond acceptors (Lipinski definition) is 4. The van der Waals surface area contributed by atoms with E-state index in [1.165, 1.54) is 8.61 Å². The highest BCUT2D eigenvalue weighted by Gasteiger charge is 2.31. The van der Waals surface area contributed by atoms with Crippen molar-refractivity contribution in [2.45, 2.75) is 19.3 Å². The summed E-state index contributed by atoms with van der Waals surface area (Å²) in [6.45, 7) is 2.48. The molecule has 0 aliphatic carbocycles. The minimum absolute atomic E-state index is 0.0658. The number of hydrogen-bond donors (Lipinski definition) is 1. The predicted octanol–water partition coefficient (Wildman–Crippen LogP) is -0.181. The molecule has 1 fully saturated rings. The molecule has 1 aliphatic heterocycles. The van der Waals surface area contributed by atoms with Crippen LogP contribution in [0.15, 0.2) is 0 Å². The topological polar surface area (TPSA) is 64.1 Å². The van der Waals surface area contributed by atoms with Gasteiger partial charge in [-0.2, -0.15) is 17.0 Å². The molecule has 1 unspecified atom stereocenters. The van der Waals surface area contributed by atoms with Gasteiger partial charge in [-0.05, 0) is 45.8 Å². The Bertz CT molecular complexity index is 359. The highest BCUT2D eigenvalue weighted by Crippen LogP contribution is 2.20. The van der Waals surface area contributed by atoms with E-state index in [0.29, 0.717) is 19.6 Å². The van der Waals surface area contributed by atoms with Crippen LogP contribution in [0.5, 0.6) is 0 Å². The van der Waals surface area contributed by atoms with E-state index in [2.05, 4.69) is 0 Å². The molecule has 19 heavy (non-hydrogen) atoms. The van der Waals surface area contributed by atoms with Gasteiger partial charge in [-0.3, -0.25) is 0 Å². The Hall–Kier alpha value is -0.210. The average molecular weight is 293 g/mol. The molecule has 7 heteroatoms. The molecule has 1 atom stereocenters. The van der Waals surface area contributed by atoms with Crippen molar-refractivity contribution in [2.24, 2.45) is 5.92 Å². The van der Waals surface area contributed by atoms with Crippen LogP contribution in [0.1, 0.15) is 19.3 Å². The summed E-state index contributed by atoms with van der Waals surface area (Å²) in [7, 11) is 2.22. The molecule has 114 valence electrons. The number of nitrogens with zero attached hydrogens (tertiary/aromatic N) is 3. The Balaban J connectivity index is 2.53. The summed E-state index contributed by atoms with van der Waals surface area (Å²) in [5, 5.41) is 9.18. The summed E-state index contributed by atoms with van der Waals surface area (Å²) in [4.78, 5) is 2.04. The fourth-order valence-electron chi connectivity index (χ4n) is 2.31. The van der Waals surface area contributed by atoms with Gasteiger partial charge in [0.05, 0.1) is 0 Å². The molecule has 1 aliphatic rings. The van der Waals surface area contributed by atoms with Crippen LogP contribution in [0.25, 0.3) is 0 Å². The predicted molar refractivity (Wildman–Crippen MR) is 76.1 cm³/mol. The average Bonchev–Trinajstić information content (AvgIpc) is 2.38. The van der Waals surface area contributed by atoms with Crippen LogP contribution >= 0.6 is 0 Å². The first-order chi connectivity index (χ1) is 8.87. The first kappa shape index (κ1) is 16.8. The van der Waals surface area contributed by atoms with Gasteiger partial charge in [0.1, 0.15) is 0 Å². The highest BCUT2D eigenvalue weighted by atomic mass is 32.2. The maximum Gasteiger partial charge on any atom is 0.281 e. The molecular weight excluding hydrogens is 266 g/mol. The van der Waals surface area contributed by atoms with Gasteiger partial charge in [0, 0.05) is 33.3 Å². The van der Waals surface area contributed by atoms with E-state index in [-0.39, 0.29) is 12.5 Å². The van der Waals surface area contributed by atoms with Crippen LogP contribution in [0.4, 0.5) is 0 Å². The zero-order valence-corrected chi connectivity index (χ0v) is 13.1. The van der Waals surface area contributed by atoms with Crippen LogP contribution in [0.3, 0.4) is 0 Å². The standard InChI is InChI=1S/C12H27N3O3S/c1-13(2)7-5-8-14(3)19(17,18)15-9-4-6-12(10-15)11-16/h12,16H,4-11H2,1-3H3. The first-order valence-corrected chi connectivity index (χ1v) is 8.24. The number of aliphatic hydroxyl groups excluding tert-OH is 1. The second kappa shape index (κ2) is 7.54.